The number of hydrogen-bond donors (Lipinski definition) is 1. The Kier molecular flexibility index (Phi) is 3.93. The summed E-state index contributed by atoms with van der Waals surface area (Å²) in [7, 11) is 0. The Morgan fingerprint density at radius 1 is 1.67 bits per heavy atom. The van der Waals surface area contributed by atoms with E-state index < -0.39 is 6.17 Å². The average Bonchev–Trinajstić information content (AvgIpc) is 1.91. The van der Waals surface area contributed by atoms with Gasteiger partial charge in [-0.15, -0.1) is 4.91 Å². The van der Waals surface area contributed by atoms with Crippen molar-refractivity contribution in [3.63, 3.8) is 0 Å². The first-order chi connectivity index (χ1) is 4.35. The molecule has 0 heterocycles. The number of nitrogens with zero attached hydrogens (tertiary/aromatic N) is 3. The van der Waals surface area contributed by atoms with Crippen molar-refractivity contribution in [2.75, 3.05) is 6.54 Å². The Morgan fingerprint density at radius 2 is 2.33 bits per heavy atom. The third-order valence-corrected chi connectivity index (χ3v) is 0.602. The molecule has 0 saturated heterocycles. The lowest BCUT2D eigenvalue weighted by Gasteiger charge is -1.94. The Labute approximate surface area is 51.9 Å². The molecule has 1 N–H and O–H groups in total. The molecule has 0 aromatic heterocycles. The zero-order chi connectivity index (χ0) is 7.11. The van der Waals surface area contributed by atoms with Gasteiger partial charge in [0.1, 0.15) is 6.07 Å². The van der Waals surface area contributed by atoms with Crippen LogP contribution in [0.3, 0.4) is 0 Å². The molecule has 0 radical (unpaired) electrons. The van der Waals surface area contributed by atoms with Crippen LogP contribution in [0.4, 0.5) is 0 Å². The van der Waals surface area contributed by atoms with Gasteiger partial charge in [-0.05, 0) is 5.18 Å². The fraction of sp³-hybridized carbons (Fsp3) is 0.500. The predicted octanol–water partition coefficient (Wildman–Crippen LogP) is -0.284. The van der Waals surface area contributed by atoms with Crippen molar-refractivity contribution in [3.8, 4) is 12.1 Å². The van der Waals surface area contributed by atoms with Crippen molar-refractivity contribution >= 4 is 0 Å². The van der Waals surface area contributed by atoms with Crippen LogP contribution in [0.1, 0.15) is 0 Å². The SMILES string of the molecule is N#CCNC(C#N)N=O. The first kappa shape index (κ1) is 7.54. The minimum Gasteiger partial charge on any atom is -0.268 e. The van der Waals surface area contributed by atoms with Crippen LogP contribution in [0.5, 0.6) is 0 Å². The molecular weight excluding hydrogens is 120 g/mol. The topological polar surface area (TPSA) is 89.0 Å². The van der Waals surface area contributed by atoms with Crippen LogP contribution in [0.25, 0.3) is 0 Å². The standard InChI is InChI=1S/C4H4N4O/c5-1-2-7-4(3-6)8-9/h4,7H,2H2. The normalized spacial score (nSPS) is 10.9. The molecule has 0 amide bonds. The molecule has 0 spiro atoms. The van der Waals surface area contributed by atoms with E-state index in [2.05, 4.69) is 10.5 Å². The summed E-state index contributed by atoms with van der Waals surface area (Å²) in [5, 5.41) is 20.6. The van der Waals surface area contributed by atoms with E-state index in [1.165, 1.54) is 0 Å². The highest BCUT2D eigenvalue weighted by Crippen LogP contribution is 1.78. The third-order valence-electron chi connectivity index (χ3n) is 0.602. The van der Waals surface area contributed by atoms with Crippen LogP contribution in [0.2, 0.25) is 0 Å². The number of nitriles is 2. The summed E-state index contributed by atoms with van der Waals surface area (Å²) in [4.78, 5) is 9.60. The van der Waals surface area contributed by atoms with Gasteiger partial charge in [-0.3, -0.25) is 5.32 Å². The molecule has 0 rings (SSSR count). The van der Waals surface area contributed by atoms with E-state index in [-0.39, 0.29) is 6.54 Å². The fourth-order valence-corrected chi connectivity index (χ4v) is 0.249. The van der Waals surface area contributed by atoms with Gasteiger partial charge < -0.3 is 0 Å². The summed E-state index contributed by atoms with van der Waals surface area (Å²) in [5.41, 5.74) is 0. The summed E-state index contributed by atoms with van der Waals surface area (Å²) in [6, 6.07) is 3.25. The number of rotatable bonds is 3. The molecular formula is C4H4N4O. The van der Waals surface area contributed by atoms with E-state index in [1.807, 2.05) is 0 Å². The molecule has 0 aromatic rings. The van der Waals surface area contributed by atoms with Crippen molar-refractivity contribution in [2.45, 2.75) is 6.17 Å². The van der Waals surface area contributed by atoms with Gasteiger partial charge >= 0.3 is 0 Å². The van der Waals surface area contributed by atoms with Crippen LogP contribution in [0, 0.1) is 27.6 Å². The smallest absolute Gasteiger partial charge is 0.230 e. The van der Waals surface area contributed by atoms with Crippen molar-refractivity contribution < 1.29 is 0 Å². The van der Waals surface area contributed by atoms with Gasteiger partial charge in [0.05, 0.1) is 12.6 Å². The Hall–Kier alpha value is -1.46. The van der Waals surface area contributed by atoms with Crippen LogP contribution >= 0.6 is 0 Å². The molecule has 0 saturated carbocycles. The largest absolute Gasteiger partial charge is 0.268 e. The maximum absolute atomic E-state index is 9.60. The maximum atomic E-state index is 9.60. The second-order valence-corrected chi connectivity index (χ2v) is 1.18. The first-order valence-corrected chi connectivity index (χ1v) is 2.17. The number of nitrogens with one attached hydrogen (secondary N) is 1. The molecule has 0 fully saturated rings. The number of nitroso groups, excluding NO2 is 1. The van der Waals surface area contributed by atoms with E-state index in [9.17, 15) is 4.91 Å². The lowest BCUT2D eigenvalue weighted by Crippen LogP contribution is -2.25. The summed E-state index contributed by atoms with van der Waals surface area (Å²) in [6.45, 7) is -0.0377. The van der Waals surface area contributed by atoms with Crippen molar-refractivity contribution in [1.82, 2.24) is 5.32 Å². The van der Waals surface area contributed by atoms with Crippen LogP contribution in [-0.2, 0) is 0 Å². The highest BCUT2D eigenvalue weighted by atomic mass is 16.3. The van der Waals surface area contributed by atoms with Crippen LogP contribution < -0.4 is 5.32 Å². The van der Waals surface area contributed by atoms with E-state index in [0.29, 0.717) is 0 Å². The molecule has 46 valence electrons. The van der Waals surface area contributed by atoms with Gasteiger partial charge in [-0.2, -0.15) is 10.5 Å². The quantitative estimate of drug-likeness (QED) is 0.413. The van der Waals surface area contributed by atoms with E-state index in [0.717, 1.165) is 0 Å². The monoisotopic (exact) mass is 124 g/mol. The van der Waals surface area contributed by atoms with Crippen molar-refractivity contribution in [2.24, 2.45) is 5.18 Å². The van der Waals surface area contributed by atoms with Gasteiger partial charge in [0.15, 0.2) is 0 Å². The second kappa shape index (κ2) is 4.69. The molecule has 1 atom stereocenters. The molecule has 0 bridgehead atoms. The van der Waals surface area contributed by atoms with Gasteiger partial charge in [-0.25, -0.2) is 0 Å². The van der Waals surface area contributed by atoms with Gasteiger partial charge in [0.25, 0.3) is 0 Å². The van der Waals surface area contributed by atoms with E-state index in [4.69, 9.17) is 10.5 Å². The summed E-state index contributed by atoms with van der Waals surface area (Å²) in [6.07, 6.45) is -1.09. The molecule has 0 aromatic carbocycles. The lowest BCUT2D eigenvalue weighted by atomic mass is 10.5. The zero-order valence-electron chi connectivity index (χ0n) is 4.53. The predicted molar refractivity (Wildman–Crippen MR) is 28.8 cm³/mol. The summed E-state index contributed by atoms with van der Waals surface area (Å²) >= 11 is 0. The highest BCUT2D eigenvalue weighted by molar-refractivity contribution is 4.89. The van der Waals surface area contributed by atoms with Gasteiger partial charge in [-0.1, -0.05) is 0 Å². The molecule has 0 aliphatic heterocycles. The Morgan fingerprint density at radius 3 is 2.67 bits per heavy atom. The van der Waals surface area contributed by atoms with E-state index in [1.54, 1.807) is 12.1 Å². The zero-order valence-corrected chi connectivity index (χ0v) is 4.53. The van der Waals surface area contributed by atoms with Crippen LogP contribution in [0.15, 0.2) is 5.18 Å². The fourth-order valence-electron chi connectivity index (χ4n) is 0.249. The Bertz CT molecular complexity index is 164. The minimum absolute atomic E-state index is 0.0377. The minimum atomic E-state index is -1.09. The lowest BCUT2D eigenvalue weighted by molar-refractivity contribution is 0.672. The Balaban J connectivity index is 3.50. The van der Waals surface area contributed by atoms with Crippen LogP contribution in [-0.4, -0.2) is 12.7 Å². The second-order valence-electron chi connectivity index (χ2n) is 1.18. The van der Waals surface area contributed by atoms with Gasteiger partial charge in [0, 0.05) is 0 Å². The molecule has 0 aliphatic rings. The molecule has 0 aliphatic carbocycles. The molecule has 5 heteroatoms. The number of hydrogen-bond acceptors (Lipinski definition) is 5. The van der Waals surface area contributed by atoms with E-state index >= 15 is 0 Å². The molecule has 9 heavy (non-hydrogen) atoms. The average molecular weight is 124 g/mol. The summed E-state index contributed by atoms with van der Waals surface area (Å²) < 4.78 is 0. The highest BCUT2D eigenvalue weighted by Gasteiger charge is 2.01. The van der Waals surface area contributed by atoms with Crippen molar-refractivity contribution in [1.29, 1.82) is 10.5 Å². The molecule has 1 unspecified atom stereocenters. The third kappa shape index (κ3) is 3.15. The summed E-state index contributed by atoms with van der Waals surface area (Å²) in [5.74, 6) is 0. The van der Waals surface area contributed by atoms with Crippen molar-refractivity contribution in [3.05, 3.63) is 4.91 Å². The maximum Gasteiger partial charge on any atom is 0.230 e. The molecule has 5 nitrogen and oxygen atoms in total. The first-order valence-electron chi connectivity index (χ1n) is 2.17. The van der Waals surface area contributed by atoms with Gasteiger partial charge in [0.2, 0.25) is 6.17 Å².